The van der Waals surface area contributed by atoms with Crippen molar-refractivity contribution in [3.8, 4) is 11.3 Å². The van der Waals surface area contributed by atoms with Gasteiger partial charge in [0.1, 0.15) is 18.1 Å². The molecule has 1 aliphatic heterocycles. The van der Waals surface area contributed by atoms with Gasteiger partial charge in [0.15, 0.2) is 0 Å². The number of furan rings is 1. The zero-order chi connectivity index (χ0) is 21.1. The first-order chi connectivity index (χ1) is 14.5. The Bertz CT molecular complexity index is 1120. The van der Waals surface area contributed by atoms with Crippen LogP contribution < -0.4 is 0 Å². The minimum atomic E-state index is -0.498. The molecular weight excluding hydrogens is 388 g/mol. The molecule has 1 aromatic heterocycles. The number of non-ortho nitro benzene ring substituents is 1. The van der Waals surface area contributed by atoms with E-state index in [0.717, 1.165) is 15.5 Å². The number of hydrogen-bond donors (Lipinski definition) is 0. The molecule has 0 bridgehead atoms. The van der Waals surface area contributed by atoms with Crippen LogP contribution in [0.3, 0.4) is 0 Å². The van der Waals surface area contributed by atoms with E-state index in [-0.39, 0.29) is 24.7 Å². The lowest BCUT2D eigenvalue weighted by Gasteiger charge is -2.13. The normalized spacial score (nSPS) is 14.1. The van der Waals surface area contributed by atoms with Crippen LogP contribution in [0.5, 0.6) is 0 Å². The van der Waals surface area contributed by atoms with Crippen molar-refractivity contribution in [3.05, 3.63) is 88.2 Å². The van der Waals surface area contributed by atoms with Crippen molar-refractivity contribution in [2.75, 3.05) is 6.54 Å². The molecule has 1 fully saturated rings. The van der Waals surface area contributed by atoms with Crippen molar-refractivity contribution < 1.29 is 18.9 Å². The zero-order valence-electron chi connectivity index (χ0n) is 15.7. The van der Waals surface area contributed by atoms with Gasteiger partial charge in [-0.05, 0) is 29.8 Å². The number of benzene rings is 2. The fraction of sp³-hybridized carbons (Fsp3) is 0.0952. The molecule has 0 saturated carbocycles. The molecule has 0 atom stereocenters. The molecule has 150 valence electrons. The molecule has 3 aromatic rings. The van der Waals surface area contributed by atoms with Crippen LogP contribution in [0.15, 0.2) is 76.2 Å². The molecule has 0 N–H and O–H groups in total. The summed E-state index contributed by atoms with van der Waals surface area (Å²) < 4.78 is 5.66. The second-order valence-electron chi connectivity index (χ2n) is 6.56. The van der Waals surface area contributed by atoms with E-state index in [2.05, 4.69) is 5.10 Å². The van der Waals surface area contributed by atoms with Gasteiger partial charge in [0.25, 0.3) is 11.6 Å². The Labute approximate surface area is 171 Å². The molecule has 1 aliphatic rings. The van der Waals surface area contributed by atoms with Crippen LogP contribution in [-0.4, -0.2) is 39.5 Å². The van der Waals surface area contributed by atoms with Gasteiger partial charge in [-0.1, -0.05) is 30.3 Å². The Morgan fingerprint density at radius 1 is 1.03 bits per heavy atom. The van der Waals surface area contributed by atoms with Crippen molar-refractivity contribution in [3.63, 3.8) is 0 Å². The molecule has 30 heavy (non-hydrogen) atoms. The molecular formula is C21H16N4O5. The Morgan fingerprint density at radius 2 is 1.77 bits per heavy atom. The van der Waals surface area contributed by atoms with E-state index in [1.54, 1.807) is 24.3 Å². The van der Waals surface area contributed by atoms with Crippen LogP contribution in [0.2, 0.25) is 0 Å². The summed E-state index contributed by atoms with van der Waals surface area (Å²) in [5.74, 6) is 0.554. The Balaban J connectivity index is 1.43. The first-order valence-electron chi connectivity index (χ1n) is 9.06. The van der Waals surface area contributed by atoms with Gasteiger partial charge < -0.3 is 4.42 Å². The Hall–Kier alpha value is -4.27. The lowest BCUT2D eigenvalue weighted by atomic mass is 10.1. The lowest BCUT2D eigenvalue weighted by Crippen LogP contribution is -2.30. The summed E-state index contributed by atoms with van der Waals surface area (Å²) >= 11 is 0. The van der Waals surface area contributed by atoms with E-state index in [1.165, 1.54) is 18.3 Å². The third kappa shape index (κ3) is 3.95. The van der Waals surface area contributed by atoms with E-state index in [4.69, 9.17) is 4.42 Å². The number of rotatable bonds is 6. The van der Waals surface area contributed by atoms with Gasteiger partial charge in [-0.15, -0.1) is 0 Å². The fourth-order valence-electron chi connectivity index (χ4n) is 2.99. The summed E-state index contributed by atoms with van der Waals surface area (Å²) in [5.41, 5.74) is 1.51. The van der Waals surface area contributed by atoms with Crippen LogP contribution >= 0.6 is 0 Å². The third-order valence-corrected chi connectivity index (χ3v) is 4.54. The molecule has 2 aromatic carbocycles. The maximum absolute atomic E-state index is 12.5. The largest absolute Gasteiger partial charge is 0.455 e. The number of nitrogens with zero attached hydrogens (tertiary/aromatic N) is 4. The van der Waals surface area contributed by atoms with E-state index < -0.39 is 11.0 Å². The van der Waals surface area contributed by atoms with Gasteiger partial charge in [-0.25, -0.2) is 9.80 Å². The van der Waals surface area contributed by atoms with E-state index in [1.807, 2.05) is 30.3 Å². The molecule has 3 amide bonds. The van der Waals surface area contributed by atoms with Gasteiger partial charge in [0.2, 0.25) is 0 Å². The SMILES string of the molecule is O=C1CN(/N=C/c2ccc(-c3ccc([N+](=O)[O-])cc3)o2)C(=O)N1Cc1ccccc1. The van der Waals surface area contributed by atoms with E-state index in [9.17, 15) is 19.7 Å². The predicted octanol–water partition coefficient (Wildman–Crippen LogP) is 3.65. The van der Waals surface area contributed by atoms with Gasteiger partial charge in [0.05, 0.1) is 17.7 Å². The molecule has 4 rings (SSSR count). The van der Waals surface area contributed by atoms with Crippen molar-refractivity contribution >= 4 is 23.8 Å². The maximum atomic E-state index is 12.5. The number of carbonyl (C=O) groups excluding carboxylic acids is 2. The van der Waals surface area contributed by atoms with Crippen LogP contribution in [0, 0.1) is 10.1 Å². The van der Waals surface area contributed by atoms with E-state index in [0.29, 0.717) is 17.1 Å². The van der Waals surface area contributed by atoms with Gasteiger partial charge in [-0.2, -0.15) is 5.10 Å². The zero-order valence-corrected chi connectivity index (χ0v) is 15.7. The number of hydrazone groups is 1. The average Bonchev–Trinajstić information content (AvgIpc) is 3.33. The lowest BCUT2D eigenvalue weighted by molar-refractivity contribution is -0.384. The van der Waals surface area contributed by atoms with Crippen LogP contribution in [0.4, 0.5) is 10.5 Å². The molecule has 2 heterocycles. The van der Waals surface area contributed by atoms with E-state index >= 15 is 0 Å². The molecule has 0 unspecified atom stereocenters. The van der Waals surface area contributed by atoms with Crippen molar-refractivity contribution in [1.82, 2.24) is 9.91 Å². The highest BCUT2D eigenvalue weighted by Crippen LogP contribution is 2.24. The van der Waals surface area contributed by atoms with Gasteiger partial charge >= 0.3 is 6.03 Å². The van der Waals surface area contributed by atoms with Gasteiger partial charge in [-0.3, -0.25) is 19.8 Å². The molecule has 0 aliphatic carbocycles. The minimum Gasteiger partial charge on any atom is -0.455 e. The molecule has 1 saturated heterocycles. The number of imide groups is 1. The summed E-state index contributed by atoms with van der Waals surface area (Å²) in [4.78, 5) is 36.1. The standard InChI is InChI=1S/C21H16N4O5/c26-20-14-24(21(27)23(20)13-15-4-2-1-3-5-15)22-12-18-10-11-19(30-18)16-6-8-17(9-7-16)25(28)29/h1-12H,13-14H2/b22-12+. The second kappa shape index (κ2) is 8.00. The monoisotopic (exact) mass is 404 g/mol. The van der Waals surface area contributed by atoms with Gasteiger partial charge in [0, 0.05) is 17.7 Å². The molecule has 0 spiro atoms. The summed E-state index contributed by atoms with van der Waals surface area (Å²) in [6, 6.07) is 18.0. The molecule has 9 heteroatoms. The summed E-state index contributed by atoms with van der Waals surface area (Å²) in [7, 11) is 0. The third-order valence-electron chi connectivity index (χ3n) is 4.54. The number of nitro groups is 1. The molecule has 9 nitrogen and oxygen atoms in total. The highest BCUT2D eigenvalue weighted by molar-refractivity contribution is 6.02. The molecule has 0 radical (unpaired) electrons. The highest BCUT2D eigenvalue weighted by atomic mass is 16.6. The first kappa shape index (κ1) is 19.1. The Morgan fingerprint density at radius 3 is 2.47 bits per heavy atom. The van der Waals surface area contributed by atoms with Crippen LogP contribution in [-0.2, 0) is 11.3 Å². The number of carbonyl (C=O) groups is 2. The van der Waals surface area contributed by atoms with Crippen LogP contribution in [0.25, 0.3) is 11.3 Å². The minimum absolute atomic E-state index is 0.00985. The fourth-order valence-corrected chi connectivity index (χ4v) is 2.99. The van der Waals surface area contributed by atoms with Crippen molar-refractivity contribution in [2.24, 2.45) is 5.10 Å². The highest BCUT2D eigenvalue weighted by Gasteiger charge is 2.36. The smallest absolute Gasteiger partial charge is 0.347 e. The van der Waals surface area contributed by atoms with Crippen LogP contribution in [0.1, 0.15) is 11.3 Å². The maximum Gasteiger partial charge on any atom is 0.347 e. The summed E-state index contributed by atoms with van der Waals surface area (Å²) in [5, 5.41) is 15.9. The number of hydrogen-bond acceptors (Lipinski definition) is 6. The first-order valence-corrected chi connectivity index (χ1v) is 9.06. The number of nitro benzene ring substituents is 1. The average molecular weight is 404 g/mol. The van der Waals surface area contributed by atoms with Crippen molar-refractivity contribution in [2.45, 2.75) is 6.54 Å². The number of amides is 3. The quantitative estimate of drug-likeness (QED) is 0.270. The predicted molar refractivity (Wildman–Crippen MR) is 107 cm³/mol. The van der Waals surface area contributed by atoms with Crippen molar-refractivity contribution in [1.29, 1.82) is 0 Å². The summed E-state index contributed by atoms with van der Waals surface area (Å²) in [6.45, 7) is 0.0493. The topological polar surface area (TPSA) is 109 Å². The Kier molecular flexibility index (Phi) is 5.08. The second-order valence-corrected chi connectivity index (χ2v) is 6.56. The number of urea groups is 1. The summed E-state index contributed by atoms with van der Waals surface area (Å²) in [6.07, 6.45) is 1.35.